The largest absolute Gasteiger partial charge is 0.505 e. The first-order valence-corrected chi connectivity index (χ1v) is 9.39. The van der Waals surface area contributed by atoms with E-state index < -0.39 is 5.97 Å². The van der Waals surface area contributed by atoms with Gasteiger partial charge in [0.15, 0.2) is 11.4 Å². The van der Waals surface area contributed by atoms with Crippen LogP contribution in [0.4, 0.5) is 0 Å². The Labute approximate surface area is 172 Å². The SMILES string of the molecule is COC(=O)c1nc(-c2cccnc2)c2c(=O)n(CCc3ccccc3)ccc2c1O. The third kappa shape index (κ3) is 3.53. The molecule has 0 aliphatic carbocycles. The molecule has 0 atom stereocenters. The standard InChI is InChI=1S/C23H19N3O4/c1-30-23(29)20-21(27)17-10-13-26(12-9-15-6-3-2-4-7-15)22(28)18(17)19(25-20)16-8-5-11-24-14-16/h2-8,10-11,13-14,27H,9,12H2,1H3. The lowest BCUT2D eigenvalue weighted by atomic mass is 10.0. The number of nitrogens with zero attached hydrogens (tertiary/aromatic N) is 3. The lowest BCUT2D eigenvalue weighted by molar-refractivity contribution is 0.0591. The van der Waals surface area contributed by atoms with E-state index in [9.17, 15) is 14.7 Å². The number of ether oxygens (including phenoxy) is 1. The maximum Gasteiger partial charge on any atom is 0.360 e. The van der Waals surface area contributed by atoms with Crippen molar-refractivity contribution >= 4 is 16.7 Å². The second-order valence-electron chi connectivity index (χ2n) is 6.73. The van der Waals surface area contributed by atoms with Gasteiger partial charge >= 0.3 is 5.97 Å². The highest BCUT2D eigenvalue weighted by atomic mass is 16.5. The number of aryl methyl sites for hydroxylation is 2. The Bertz CT molecular complexity index is 1270. The number of carbonyl (C=O) groups excluding carboxylic acids is 1. The van der Waals surface area contributed by atoms with Crippen molar-refractivity contribution in [3.8, 4) is 17.0 Å². The Morgan fingerprint density at radius 1 is 1.13 bits per heavy atom. The molecule has 1 N–H and O–H groups in total. The predicted octanol–water partition coefficient (Wildman–Crippen LogP) is 3.19. The number of benzene rings is 1. The minimum atomic E-state index is -0.784. The molecule has 0 radical (unpaired) electrons. The van der Waals surface area contributed by atoms with Gasteiger partial charge in [-0.3, -0.25) is 9.78 Å². The topological polar surface area (TPSA) is 94.3 Å². The number of pyridine rings is 3. The van der Waals surface area contributed by atoms with Gasteiger partial charge in [-0.1, -0.05) is 30.3 Å². The maximum absolute atomic E-state index is 13.3. The Balaban J connectivity index is 1.90. The summed E-state index contributed by atoms with van der Waals surface area (Å²) in [6, 6.07) is 14.9. The van der Waals surface area contributed by atoms with Crippen LogP contribution >= 0.6 is 0 Å². The summed E-state index contributed by atoms with van der Waals surface area (Å²) in [5, 5.41) is 11.1. The summed E-state index contributed by atoms with van der Waals surface area (Å²) in [6.45, 7) is 0.463. The number of aromatic hydroxyl groups is 1. The fraction of sp³-hybridized carbons (Fsp3) is 0.130. The highest BCUT2D eigenvalue weighted by Crippen LogP contribution is 2.32. The Kier molecular flexibility index (Phi) is 5.26. The summed E-state index contributed by atoms with van der Waals surface area (Å²) in [5.41, 5.74) is 1.40. The lowest BCUT2D eigenvalue weighted by Gasteiger charge is -2.13. The summed E-state index contributed by atoms with van der Waals surface area (Å²) >= 11 is 0. The minimum Gasteiger partial charge on any atom is -0.505 e. The van der Waals surface area contributed by atoms with Crippen molar-refractivity contribution in [3.63, 3.8) is 0 Å². The summed E-state index contributed by atoms with van der Waals surface area (Å²) in [5.74, 6) is -1.16. The molecule has 0 unspecified atom stereocenters. The molecule has 0 saturated heterocycles. The molecular formula is C23H19N3O4. The van der Waals surface area contributed by atoms with Gasteiger partial charge in [-0.15, -0.1) is 0 Å². The van der Waals surface area contributed by atoms with Gasteiger partial charge in [-0.05, 0) is 30.2 Å². The van der Waals surface area contributed by atoms with Crippen molar-refractivity contribution < 1.29 is 14.6 Å². The molecule has 4 aromatic rings. The first-order valence-electron chi connectivity index (χ1n) is 9.39. The van der Waals surface area contributed by atoms with E-state index in [1.807, 2.05) is 30.3 Å². The molecule has 3 heterocycles. The van der Waals surface area contributed by atoms with Gasteiger partial charge in [0.25, 0.3) is 5.56 Å². The van der Waals surface area contributed by atoms with Crippen LogP contribution < -0.4 is 5.56 Å². The summed E-state index contributed by atoms with van der Waals surface area (Å²) < 4.78 is 6.32. The summed E-state index contributed by atoms with van der Waals surface area (Å²) in [7, 11) is 1.21. The van der Waals surface area contributed by atoms with Crippen LogP contribution in [0, 0.1) is 0 Å². The van der Waals surface area contributed by atoms with Crippen LogP contribution in [0.15, 0.2) is 71.9 Å². The van der Waals surface area contributed by atoms with Gasteiger partial charge < -0.3 is 14.4 Å². The molecule has 0 saturated carbocycles. The molecule has 3 aromatic heterocycles. The highest BCUT2D eigenvalue weighted by molar-refractivity contribution is 6.04. The van der Waals surface area contributed by atoms with Crippen molar-refractivity contribution in [1.29, 1.82) is 0 Å². The molecule has 150 valence electrons. The van der Waals surface area contributed by atoms with E-state index in [-0.39, 0.29) is 33.5 Å². The smallest absolute Gasteiger partial charge is 0.360 e. The average Bonchev–Trinajstić information content (AvgIpc) is 2.80. The number of methoxy groups -OCH3 is 1. The zero-order valence-corrected chi connectivity index (χ0v) is 16.3. The Morgan fingerprint density at radius 2 is 1.93 bits per heavy atom. The van der Waals surface area contributed by atoms with Gasteiger partial charge in [0.1, 0.15) is 0 Å². The number of carbonyl (C=O) groups is 1. The van der Waals surface area contributed by atoms with E-state index in [1.165, 1.54) is 7.11 Å². The molecule has 4 rings (SSSR count). The Hall–Kier alpha value is -4.00. The van der Waals surface area contributed by atoms with E-state index in [2.05, 4.69) is 9.97 Å². The number of hydrogen-bond donors (Lipinski definition) is 1. The van der Waals surface area contributed by atoms with E-state index >= 15 is 0 Å². The first-order chi connectivity index (χ1) is 14.6. The first kappa shape index (κ1) is 19.3. The molecular weight excluding hydrogens is 382 g/mol. The molecule has 0 amide bonds. The molecule has 0 spiro atoms. The van der Waals surface area contributed by atoms with Crippen LogP contribution in [0.25, 0.3) is 22.0 Å². The number of fused-ring (bicyclic) bond motifs is 1. The molecule has 0 fully saturated rings. The average molecular weight is 401 g/mol. The molecule has 0 aliphatic rings. The molecule has 0 bridgehead atoms. The zero-order valence-electron chi connectivity index (χ0n) is 16.3. The summed E-state index contributed by atoms with van der Waals surface area (Å²) in [6.07, 6.45) is 5.45. The zero-order chi connectivity index (χ0) is 21.1. The predicted molar refractivity (Wildman–Crippen MR) is 112 cm³/mol. The Morgan fingerprint density at radius 3 is 2.63 bits per heavy atom. The minimum absolute atomic E-state index is 0.226. The van der Waals surface area contributed by atoms with Crippen LogP contribution in [-0.2, 0) is 17.7 Å². The molecule has 0 aliphatic heterocycles. The van der Waals surface area contributed by atoms with Crippen LogP contribution in [0.1, 0.15) is 16.1 Å². The van der Waals surface area contributed by atoms with Crippen molar-refractivity contribution in [2.24, 2.45) is 0 Å². The van der Waals surface area contributed by atoms with Crippen LogP contribution in [0.2, 0.25) is 0 Å². The van der Waals surface area contributed by atoms with E-state index in [4.69, 9.17) is 4.74 Å². The molecule has 7 nitrogen and oxygen atoms in total. The van der Waals surface area contributed by atoms with E-state index in [0.717, 1.165) is 5.56 Å². The number of rotatable bonds is 5. The number of aromatic nitrogens is 3. The van der Waals surface area contributed by atoms with Crippen LogP contribution in [0.5, 0.6) is 5.75 Å². The second kappa shape index (κ2) is 8.16. The molecule has 7 heteroatoms. The van der Waals surface area contributed by atoms with Crippen molar-refractivity contribution in [1.82, 2.24) is 14.5 Å². The number of hydrogen-bond acceptors (Lipinski definition) is 6. The highest BCUT2D eigenvalue weighted by Gasteiger charge is 2.23. The fourth-order valence-electron chi connectivity index (χ4n) is 3.37. The van der Waals surface area contributed by atoms with Crippen molar-refractivity contribution in [2.75, 3.05) is 7.11 Å². The number of esters is 1. The normalized spacial score (nSPS) is 10.8. The second-order valence-corrected chi connectivity index (χ2v) is 6.73. The maximum atomic E-state index is 13.3. The lowest BCUT2D eigenvalue weighted by Crippen LogP contribution is -2.22. The summed E-state index contributed by atoms with van der Waals surface area (Å²) in [4.78, 5) is 33.8. The monoisotopic (exact) mass is 401 g/mol. The van der Waals surface area contributed by atoms with Crippen molar-refractivity contribution in [2.45, 2.75) is 13.0 Å². The van der Waals surface area contributed by atoms with Gasteiger partial charge in [0, 0.05) is 36.1 Å². The van der Waals surface area contributed by atoms with E-state index in [0.29, 0.717) is 18.5 Å². The van der Waals surface area contributed by atoms with Gasteiger partial charge in [-0.25, -0.2) is 9.78 Å². The third-order valence-electron chi connectivity index (χ3n) is 4.90. The molecule has 30 heavy (non-hydrogen) atoms. The van der Waals surface area contributed by atoms with Gasteiger partial charge in [-0.2, -0.15) is 0 Å². The van der Waals surface area contributed by atoms with Crippen molar-refractivity contribution in [3.05, 3.63) is 88.7 Å². The quantitative estimate of drug-likeness (QED) is 0.516. The fourth-order valence-corrected chi connectivity index (χ4v) is 3.37. The van der Waals surface area contributed by atoms with Crippen LogP contribution in [0.3, 0.4) is 0 Å². The van der Waals surface area contributed by atoms with Gasteiger partial charge in [0.05, 0.1) is 18.2 Å². The van der Waals surface area contributed by atoms with E-state index in [1.54, 1.807) is 41.4 Å². The third-order valence-corrected chi connectivity index (χ3v) is 4.90. The van der Waals surface area contributed by atoms with Gasteiger partial charge in [0.2, 0.25) is 0 Å². The molecule has 1 aromatic carbocycles. The van der Waals surface area contributed by atoms with Crippen LogP contribution in [-0.4, -0.2) is 32.7 Å².